The molecule has 2 aromatic carbocycles. The van der Waals surface area contributed by atoms with Crippen molar-refractivity contribution >= 4 is 11.4 Å². The molecule has 0 aliphatic rings. The lowest BCUT2D eigenvalue weighted by molar-refractivity contribution is 0.334. The third-order valence-corrected chi connectivity index (χ3v) is 2.12. The second-order valence-electron chi connectivity index (χ2n) is 3.27. The SMILES string of the molecule is NOc1ccc(Nc2ccc(F)cc2)cc1. The molecule has 4 heteroatoms. The van der Waals surface area contributed by atoms with Crippen molar-refractivity contribution in [3.63, 3.8) is 0 Å². The monoisotopic (exact) mass is 218 g/mol. The molecule has 0 radical (unpaired) electrons. The van der Waals surface area contributed by atoms with Crippen molar-refractivity contribution in [1.29, 1.82) is 0 Å². The number of hydrogen-bond acceptors (Lipinski definition) is 3. The largest absolute Gasteiger partial charge is 0.412 e. The normalized spacial score (nSPS) is 9.88. The minimum Gasteiger partial charge on any atom is -0.412 e. The number of benzene rings is 2. The number of halogens is 1. The molecule has 0 bridgehead atoms. The van der Waals surface area contributed by atoms with Gasteiger partial charge in [-0.1, -0.05) is 0 Å². The summed E-state index contributed by atoms with van der Waals surface area (Å²) in [6.45, 7) is 0. The average Bonchev–Trinajstić information content (AvgIpc) is 2.33. The van der Waals surface area contributed by atoms with E-state index >= 15 is 0 Å². The fourth-order valence-corrected chi connectivity index (χ4v) is 1.32. The maximum Gasteiger partial charge on any atom is 0.146 e. The lowest BCUT2D eigenvalue weighted by atomic mass is 10.2. The van der Waals surface area contributed by atoms with E-state index in [1.807, 2.05) is 12.1 Å². The van der Waals surface area contributed by atoms with Gasteiger partial charge >= 0.3 is 0 Å². The van der Waals surface area contributed by atoms with Crippen LogP contribution in [0.1, 0.15) is 0 Å². The van der Waals surface area contributed by atoms with Gasteiger partial charge in [0.25, 0.3) is 0 Å². The minimum atomic E-state index is -0.252. The zero-order chi connectivity index (χ0) is 11.4. The second kappa shape index (κ2) is 4.63. The fraction of sp³-hybridized carbons (Fsp3) is 0. The zero-order valence-corrected chi connectivity index (χ0v) is 8.48. The molecular formula is C12H11FN2O. The molecule has 82 valence electrons. The summed E-state index contributed by atoms with van der Waals surface area (Å²) in [5.74, 6) is 5.34. The standard InChI is InChI=1S/C12H11FN2O/c13-9-1-3-10(4-2-9)15-11-5-7-12(16-14)8-6-11/h1-8,15H,14H2. The number of hydrogen-bond donors (Lipinski definition) is 2. The van der Waals surface area contributed by atoms with Gasteiger partial charge in [-0.05, 0) is 48.5 Å². The van der Waals surface area contributed by atoms with Gasteiger partial charge in [-0.15, -0.1) is 0 Å². The van der Waals surface area contributed by atoms with E-state index in [2.05, 4.69) is 10.2 Å². The molecular weight excluding hydrogens is 207 g/mol. The Balaban J connectivity index is 2.11. The maximum absolute atomic E-state index is 12.7. The summed E-state index contributed by atoms with van der Waals surface area (Å²) < 4.78 is 12.7. The summed E-state index contributed by atoms with van der Waals surface area (Å²) in [6, 6.07) is 13.3. The molecule has 0 saturated carbocycles. The molecule has 0 aromatic heterocycles. The molecule has 2 rings (SSSR count). The molecule has 0 aliphatic carbocycles. The Hall–Kier alpha value is -2.07. The highest BCUT2D eigenvalue weighted by Gasteiger charge is 1.96. The van der Waals surface area contributed by atoms with Crippen LogP contribution in [0, 0.1) is 5.82 Å². The summed E-state index contributed by atoms with van der Waals surface area (Å²) in [5, 5.41) is 3.12. The van der Waals surface area contributed by atoms with Gasteiger partial charge in [0.1, 0.15) is 11.6 Å². The van der Waals surface area contributed by atoms with E-state index in [-0.39, 0.29) is 5.82 Å². The molecule has 0 amide bonds. The molecule has 0 spiro atoms. The molecule has 0 atom stereocenters. The highest BCUT2D eigenvalue weighted by atomic mass is 19.1. The lowest BCUT2D eigenvalue weighted by Gasteiger charge is -2.06. The van der Waals surface area contributed by atoms with Crippen LogP contribution in [-0.2, 0) is 0 Å². The van der Waals surface area contributed by atoms with E-state index in [0.29, 0.717) is 5.75 Å². The third-order valence-electron chi connectivity index (χ3n) is 2.12. The van der Waals surface area contributed by atoms with Crippen molar-refractivity contribution in [3.8, 4) is 5.75 Å². The number of rotatable bonds is 3. The summed E-state index contributed by atoms with van der Waals surface area (Å²) in [6.07, 6.45) is 0. The second-order valence-corrected chi connectivity index (χ2v) is 3.27. The third kappa shape index (κ3) is 2.49. The first-order valence-corrected chi connectivity index (χ1v) is 4.77. The van der Waals surface area contributed by atoms with Crippen LogP contribution in [-0.4, -0.2) is 0 Å². The van der Waals surface area contributed by atoms with Crippen LogP contribution in [0.5, 0.6) is 5.75 Å². The van der Waals surface area contributed by atoms with Gasteiger partial charge in [-0.25, -0.2) is 4.39 Å². The summed E-state index contributed by atoms with van der Waals surface area (Å²) in [7, 11) is 0. The van der Waals surface area contributed by atoms with Crippen LogP contribution < -0.4 is 16.1 Å². The zero-order valence-electron chi connectivity index (χ0n) is 8.48. The molecule has 2 aromatic rings. The van der Waals surface area contributed by atoms with E-state index in [9.17, 15) is 4.39 Å². The van der Waals surface area contributed by atoms with Gasteiger partial charge in [0, 0.05) is 11.4 Å². The molecule has 3 nitrogen and oxygen atoms in total. The quantitative estimate of drug-likeness (QED) is 0.779. The van der Waals surface area contributed by atoms with Gasteiger partial charge in [0.2, 0.25) is 0 Å². The summed E-state index contributed by atoms with van der Waals surface area (Å²) in [5.41, 5.74) is 1.70. The average molecular weight is 218 g/mol. The number of anilines is 2. The van der Waals surface area contributed by atoms with Crippen LogP contribution in [0.2, 0.25) is 0 Å². The predicted octanol–water partition coefficient (Wildman–Crippen LogP) is 2.82. The molecule has 0 unspecified atom stereocenters. The van der Waals surface area contributed by atoms with E-state index in [4.69, 9.17) is 5.90 Å². The van der Waals surface area contributed by atoms with Crippen molar-refractivity contribution in [2.45, 2.75) is 0 Å². The smallest absolute Gasteiger partial charge is 0.146 e. The van der Waals surface area contributed by atoms with Crippen molar-refractivity contribution in [2.75, 3.05) is 5.32 Å². The molecule has 0 aliphatic heterocycles. The molecule has 0 heterocycles. The first-order chi connectivity index (χ1) is 7.78. The van der Waals surface area contributed by atoms with Crippen molar-refractivity contribution in [3.05, 3.63) is 54.3 Å². The maximum atomic E-state index is 12.7. The molecule has 0 fully saturated rings. The number of nitrogens with one attached hydrogen (secondary N) is 1. The van der Waals surface area contributed by atoms with Gasteiger partial charge < -0.3 is 10.2 Å². The topological polar surface area (TPSA) is 47.3 Å². The highest BCUT2D eigenvalue weighted by Crippen LogP contribution is 2.19. The van der Waals surface area contributed by atoms with E-state index in [0.717, 1.165) is 11.4 Å². The van der Waals surface area contributed by atoms with Crippen LogP contribution >= 0.6 is 0 Å². The van der Waals surface area contributed by atoms with Gasteiger partial charge in [0.05, 0.1) is 0 Å². The van der Waals surface area contributed by atoms with E-state index < -0.39 is 0 Å². The molecule has 16 heavy (non-hydrogen) atoms. The van der Waals surface area contributed by atoms with Crippen molar-refractivity contribution < 1.29 is 9.23 Å². The first kappa shape index (κ1) is 10.4. The van der Waals surface area contributed by atoms with Crippen LogP contribution in [0.3, 0.4) is 0 Å². The Morgan fingerprint density at radius 1 is 0.875 bits per heavy atom. The van der Waals surface area contributed by atoms with Crippen LogP contribution in [0.15, 0.2) is 48.5 Å². The van der Waals surface area contributed by atoms with Gasteiger partial charge in [-0.2, -0.15) is 5.90 Å². The Kier molecular flexibility index (Phi) is 3.03. The Bertz CT molecular complexity index is 453. The van der Waals surface area contributed by atoms with E-state index in [1.165, 1.54) is 12.1 Å². The molecule has 0 saturated heterocycles. The fourth-order valence-electron chi connectivity index (χ4n) is 1.32. The Morgan fingerprint density at radius 2 is 1.38 bits per heavy atom. The highest BCUT2D eigenvalue weighted by molar-refractivity contribution is 5.60. The minimum absolute atomic E-state index is 0.252. The molecule has 3 N–H and O–H groups in total. The van der Waals surface area contributed by atoms with Gasteiger partial charge in [-0.3, -0.25) is 0 Å². The Morgan fingerprint density at radius 3 is 1.88 bits per heavy atom. The first-order valence-electron chi connectivity index (χ1n) is 4.77. The van der Waals surface area contributed by atoms with Crippen LogP contribution in [0.25, 0.3) is 0 Å². The van der Waals surface area contributed by atoms with Crippen LogP contribution in [0.4, 0.5) is 15.8 Å². The predicted molar refractivity (Wildman–Crippen MR) is 60.9 cm³/mol. The van der Waals surface area contributed by atoms with Crippen molar-refractivity contribution in [1.82, 2.24) is 0 Å². The summed E-state index contributed by atoms with van der Waals surface area (Å²) >= 11 is 0. The number of nitrogens with two attached hydrogens (primary N) is 1. The van der Waals surface area contributed by atoms with Crippen molar-refractivity contribution in [2.24, 2.45) is 5.90 Å². The lowest BCUT2D eigenvalue weighted by Crippen LogP contribution is -2.01. The van der Waals surface area contributed by atoms with Gasteiger partial charge in [0.15, 0.2) is 0 Å². The van der Waals surface area contributed by atoms with E-state index in [1.54, 1.807) is 24.3 Å². The Labute approximate surface area is 92.6 Å². The summed E-state index contributed by atoms with van der Waals surface area (Å²) in [4.78, 5) is 4.56.